The van der Waals surface area contributed by atoms with E-state index in [9.17, 15) is 0 Å². The van der Waals surface area contributed by atoms with Crippen molar-refractivity contribution in [3.8, 4) is 0 Å². The second-order valence-electron chi connectivity index (χ2n) is 3.90. The van der Waals surface area contributed by atoms with E-state index in [1.807, 2.05) is 13.8 Å². The molecule has 1 rings (SSSR count). The molecule has 0 aromatic heterocycles. The van der Waals surface area contributed by atoms with Crippen molar-refractivity contribution in [2.45, 2.75) is 20.3 Å². The molecule has 1 aliphatic rings. The summed E-state index contributed by atoms with van der Waals surface area (Å²) in [4.78, 5) is 2.24. The molecule has 0 atom stereocenters. The highest BCUT2D eigenvalue weighted by Crippen LogP contribution is 2.14. The first-order valence-corrected chi connectivity index (χ1v) is 4.75. The highest BCUT2D eigenvalue weighted by molar-refractivity contribution is 6.01. The molecule has 1 heterocycles. The van der Waals surface area contributed by atoms with E-state index in [0.29, 0.717) is 5.92 Å². The lowest BCUT2D eigenvalue weighted by Crippen LogP contribution is -2.30. The topological polar surface area (TPSA) is 35.8 Å². The molecule has 0 aliphatic carbocycles. The quantitative estimate of drug-likeness (QED) is 0.401. The van der Waals surface area contributed by atoms with Crippen LogP contribution in [0.5, 0.6) is 0 Å². The molecule has 0 aromatic carbocycles. The first-order valence-electron chi connectivity index (χ1n) is 4.75. The molecule has 3 heteroatoms. The minimum atomic E-state index is 0.294. The van der Waals surface area contributed by atoms with Crippen LogP contribution in [0.4, 0.5) is 0 Å². The Kier molecular flexibility index (Phi) is 3.48. The van der Waals surface area contributed by atoms with Crippen molar-refractivity contribution in [3.63, 3.8) is 0 Å². The summed E-state index contributed by atoms with van der Waals surface area (Å²) in [6.45, 7) is 6.09. The van der Waals surface area contributed by atoms with E-state index in [-0.39, 0.29) is 0 Å². The standard InChI is InChI=1S/C10H18N2O/c1-8(2)10(11-13)9-5-4-6-12(3)7-9/h5,8,13H,4,6-7H2,1-3H3/b11-10+. The summed E-state index contributed by atoms with van der Waals surface area (Å²) >= 11 is 0. The zero-order valence-corrected chi connectivity index (χ0v) is 8.62. The number of hydrogen-bond donors (Lipinski definition) is 1. The lowest BCUT2D eigenvalue weighted by molar-refractivity contribution is 0.313. The van der Waals surface area contributed by atoms with E-state index in [4.69, 9.17) is 5.21 Å². The monoisotopic (exact) mass is 182 g/mol. The van der Waals surface area contributed by atoms with Gasteiger partial charge in [0, 0.05) is 13.1 Å². The van der Waals surface area contributed by atoms with Crippen molar-refractivity contribution < 1.29 is 5.21 Å². The molecular weight excluding hydrogens is 164 g/mol. The van der Waals surface area contributed by atoms with E-state index in [0.717, 1.165) is 25.2 Å². The predicted molar refractivity (Wildman–Crippen MR) is 54.3 cm³/mol. The largest absolute Gasteiger partial charge is 0.411 e. The molecule has 74 valence electrons. The summed E-state index contributed by atoms with van der Waals surface area (Å²) < 4.78 is 0. The van der Waals surface area contributed by atoms with Crippen molar-refractivity contribution in [2.75, 3.05) is 20.1 Å². The van der Waals surface area contributed by atoms with E-state index in [1.54, 1.807) is 0 Å². The Morgan fingerprint density at radius 2 is 2.31 bits per heavy atom. The van der Waals surface area contributed by atoms with Crippen molar-refractivity contribution in [1.29, 1.82) is 0 Å². The molecule has 0 saturated heterocycles. The van der Waals surface area contributed by atoms with Crippen LogP contribution in [-0.4, -0.2) is 36.0 Å². The minimum Gasteiger partial charge on any atom is -0.411 e. The Balaban J connectivity index is 2.75. The van der Waals surface area contributed by atoms with Gasteiger partial charge in [-0.05, 0) is 25.0 Å². The normalized spacial score (nSPS) is 20.6. The molecule has 13 heavy (non-hydrogen) atoms. The summed E-state index contributed by atoms with van der Waals surface area (Å²) in [5.41, 5.74) is 2.00. The maximum absolute atomic E-state index is 8.86. The van der Waals surface area contributed by atoms with E-state index in [1.165, 1.54) is 5.57 Å². The highest BCUT2D eigenvalue weighted by Gasteiger charge is 2.16. The maximum Gasteiger partial charge on any atom is 0.0862 e. The average molecular weight is 182 g/mol. The Labute approximate surface area is 79.7 Å². The Morgan fingerprint density at radius 3 is 2.77 bits per heavy atom. The Morgan fingerprint density at radius 1 is 1.62 bits per heavy atom. The third kappa shape index (κ3) is 2.56. The lowest BCUT2D eigenvalue weighted by atomic mass is 9.97. The fraction of sp³-hybridized carbons (Fsp3) is 0.700. The molecular formula is C10H18N2O. The molecule has 0 spiro atoms. The van der Waals surface area contributed by atoms with Gasteiger partial charge in [0.2, 0.25) is 0 Å². The molecule has 0 bridgehead atoms. The van der Waals surface area contributed by atoms with Crippen LogP contribution in [0.2, 0.25) is 0 Å². The zero-order valence-electron chi connectivity index (χ0n) is 8.62. The smallest absolute Gasteiger partial charge is 0.0862 e. The van der Waals surface area contributed by atoms with Gasteiger partial charge in [-0.25, -0.2) is 0 Å². The van der Waals surface area contributed by atoms with E-state index in [2.05, 4.69) is 23.2 Å². The molecule has 0 unspecified atom stereocenters. The van der Waals surface area contributed by atoms with Gasteiger partial charge in [0.25, 0.3) is 0 Å². The number of oxime groups is 1. The van der Waals surface area contributed by atoms with Crippen LogP contribution in [0.1, 0.15) is 20.3 Å². The Bertz CT molecular complexity index is 231. The number of rotatable bonds is 2. The van der Waals surface area contributed by atoms with Gasteiger partial charge in [0.05, 0.1) is 5.71 Å². The SMILES string of the molecule is CC(C)/C(=N\O)C1=CCCN(C)C1. The van der Waals surface area contributed by atoms with Crippen molar-refractivity contribution in [3.05, 3.63) is 11.6 Å². The number of hydrogen-bond acceptors (Lipinski definition) is 3. The first-order chi connectivity index (χ1) is 6.15. The maximum atomic E-state index is 8.86. The summed E-state index contributed by atoms with van der Waals surface area (Å²) in [5.74, 6) is 0.294. The van der Waals surface area contributed by atoms with Gasteiger partial charge in [-0.3, -0.25) is 0 Å². The van der Waals surface area contributed by atoms with Crippen LogP contribution in [0.3, 0.4) is 0 Å². The van der Waals surface area contributed by atoms with Crippen molar-refractivity contribution in [1.82, 2.24) is 4.90 Å². The molecule has 0 aromatic rings. The van der Waals surface area contributed by atoms with Gasteiger partial charge in [-0.1, -0.05) is 25.1 Å². The van der Waals surface area contributed by atoms with Crippen LogP contribution in [-0.2, 0) is 0 Å². The summed E-state index contributed by atoms with van der Waals surface area (Å²) in [6.07, 6.45) is 3.23. The van der Waals surface area contributed by atoms with Crippen LogP contribution in [0.25, 0.3) is 0 Å². The lowest BCUT2D eigenvalue weighted by Gasteiger charge is -2.24. The number of likely N-dealkylation sites (N-methyl/N-ethyl adjacent to an activating group) is 1. The molecule has 1 aliphatic heterocycles. The Hall–Kier alpha value is -0.830. The number of nitrogens with zero attached hydrogens (tertiary/aromatic N) is 2. The molecule has 0 amide bonds. The summed E-state index contributed by atoms with van der Waals surface area (Å²) in [6, 6.07) is 0. The third-order valence-electron chi connectivity index (χ3n) is 2.33. The van der Waals surface area contributed by atoms with Gasteiger partial charge in [-0.2, -0.15) is 0 Å². The molecule has 0 fully saturated rings. The van der Waals surface area contributed by atoms with Crippen LogP contribution >= 0.6 is 0 Å². The molecule has 0 saturated carbocycles. The van der Waals surface area contributed by atoms with Gasteiger partial charge < -0.3 is 10.1 Å². The first kappa shape index (κ1) is 10.3. The minimum absolute atomic E-state index is 0.294. The highest BCUT2D eigenvalue weighted by atomic mass is 16.4. The van der Waals surface area contributed by atoms with Gasteiger partial charge in [0.15, 0.2) is 0 Å². The summed E-state index contributed by atoms with van der Waals surface area (Å²) in [5, 5.41) is 12.2. The molecule has 1 N–H and O–H groups in total. The zero-order chi connectivity index (χ0) is 9.84. The molecule has 3 nitrogen and oxygen atoms in total. The fourth-order valence-corrected chi connectivity index (χ4v) is 1.63. The molecule has 0 radical (unpaired) electrons. The second-order valence-corrected chi connectivity index (χ2v) is 3.90. The van der Waals surface area contributed by atoms with Crippen molar-refractivity contribution >= 4 is 5.71 Å². The van der Waals surface area contributed by atoms with Crippen LogP contribution < -0.4 is 0 Å². The van der Waals surface area contributed by atoms with Crippen LogP contribution in [0.15, 0.2) is 16.8 Å². The van der Waals surface area contributed by atoms with Crippen molar-refractivity contribution in [2.24, 2.45) is 11.1 Å². The van der Waals surface area contributed by atoms with E-state index < -0.39 is 0 Å². The van der Waals surface area contributed by atoms with E-state index >= 15 is 0 Å². The van der Waals surface area contributed by atoms with Gasteiger partial charge in [0.1, 0.15) is 0 Å². The van der Waals surface area contributed by atoms with Gasteiger partial charge >= 0.3 is 0 Å². The fourth-order valence-electron chi connectivity index (χ4n) is 1.63. The second kappa shape index (κ2) is 4.42. The summed E-state index contributed by atoms with van der Waals surface area (Å²) in [7, 11) is 2.09. The third-order valence-corrected chi connectivity index (χ3v) is 2.33. The van der Waals surface area contributed by atoms with Crippen LogP contribution in [0, 0.1) is 5.92 Å². The predicted octanol–water partition coefficient (Wildman–Crippen LogP) is 1.73. The average Bonchev–Trinajstić information content (AvgIpc) is 2.04. The van der Waals surface area contributed by atoms with Gasteiger partial charge in [-0.15, -0.1) is 0 Å².